The summed E-state index contributed by atoms with van der Waals surface area (Å²) in [7, 11) is 0. The van der Waals surface area contributed by atoms with Gasteiger partial charge in [0.25, 0.3) is 0 Å². The molecule has 0 N–H and O–H groups in total. The Morgan fingerprint density at radius 3 is 2.38 bits per heavy atom. The number of aromatic nitrogens is 2. The number of halogens is 1. The third kappa shape index (κ3) is 2.48. The lowest BCUT2D eigenvalue weighted by Gasteiger charge is -2.11. The monoisotopic (exact) mass is 296 g/mol. The van der Waals surface area contributed by atoms with E-state index in [2.05, 4.69) is 4.98 Å². The number of carbonyl (C=O) groups is 1. The molecule has 104 valence electrons. The fourth-order valence-corrected chi connectivity index (χ4v) is 2.50. The fourth-order valence-electron chi connectivity index (χ4n) is 2.28. The zero-order valence-electron chi connectivity index (χ0n) is 11.5. The summed E-state index contributed by atoms with van der Waals surface area (Å²) in [5, 5.41) is 0.458. The summed E-state index contributed by atoms with van der Waals surface area (Å²) in [5.74, 6) is -0.0932. The van der Waals surface area contributed by atoms with E-state index in [4.69, 9.17) is 11.6 Å². The van der Waals surface area contributed by atoms with Gasteiger partial charge in [0.1, 0.15) is 0 Å². The summed E-state index contributed by atoms with van der Waals surface area (Å²) < 4.78 is 1.89. The lowest BCUT2D eigenvalue weighted by atomic mass is 10.0. The third-order valence-corrected chi connectivity index (χ3v) is 3.68. The largest absolute Gasteiger partial charge is 0.303 e. The van der Waals surface area contributed by atoms with E-state index in [9.17, 15) is 4.79 Å². The lowest BCUT2D eigenvalue weighted by Crippen LogP contribution is -2.08. The van der Waals surface area contributed by atoms with Crippen molar-refractivity contribution in [3.8, 4) is 5.69 Å². The Kier molecular flexibility index (Phi) is 3.59. The van der Waals surface area contributed by atoms with Crippen molar-refractivity contribution in [2.45, 2.75) is 6.92 Å². The molecular weight excluding hydrogens is 284 g/mol. The van der Waals surface area contributed by atoms with Crippen LogP contribution in [0.2, 0.25) is 5.02 Å². The molecule has 0 saturated carbocycles. The van der Waals surface area contributed by atoms with Crippen LogP contribution in [-0.4, -0.2) is 15.3 Å². The van der Waals surface area contributed by atoms with Crippen molar-refractivity contribution < 1.29 is 4.79 Å². The average molecular weight is 297 g/mol. The van der Waals surface area contributed by atoms with E-state index in [1.54, 1.807) is 30.7 Å². The Balaban J connectivity index is 2.14. The highest BCUT2D eigenvalue weighted by molar-refractivity contribution is 6.35. The normalized spacial score (nSPS) is 10.6. The van der Waals surface area contributed by atoms with E-state index >= 15 is 0 Å². The van der Waals surface area contributed by atoms with Gasteiger partial charge in [-0.15, -0.1) is 0 Å². The number of imidazole rings is 1. The van der Waals surface area contributed by atoms with E-state index in [1.165, 1.54) is 0 Å². The number of carbonyl (C=O) groups excluding carboxylic acids is 1. The SMILES string of the molecule is Cc1cncn1-c1ccccc1C(=O)c1ccccc1Cl. The van der Waals surface area contributed by atoms with E-state index in [-0.39, 0.29) is 5.78 Å². The van der Waals surface area contributed by atoms with Crippen molar-refractivity contribution in [3.63, 3.8) is 0 Å². The van der Waals surface area contributed by atoms with Crippen molar-refractivity contribution in [2.24, 2.45) is 0 Å². The van der Waals surface area contributed by atoms with Crippen molar-refractivity contribution in [3.05, 3.63) is 82.9 Å². The molecule has 0 aliphatic carbocycles. The van der Waals surface area contributed by atoms with Crippen LogP contribution in [0.3, 0.4) is 0 Å². The molecule has 0 spiro atoms. The van der Waals surface area contributed by atoms with Gasteiger partial charge >= 0.3 is 0 Å². The Bertz CT molecular complexity index is 808. The summed E-state index contributed by atoms with van der Waals surface area (Å²) >= 11 is 6.14. The first-order valence-corrected chi connectivity index (χ1v) is 6.94. The maximum atomic E-state index is 12.8. The van der Waals surface area contributed by atoms with E-state index < -0.39 is 0 Å². The molecule has 0 fully saturated rings. The second-order valence-corrected chi connectivity index (χ2v) is 5.14. The molecule has 21 heavy (non-hydrogen) atoms. The summed E-state index contributed by atoms with van der Waals surface area (Å²) in [6.07, 6.45) is 3.46. The Morgan fingerprint density at radius 1 is 1.05 bits per heavy atom. The Labute approximate surface area is 127 Å². The molecule has 0 unspecified atom stereocenters. The van der Waals surface area contributed by atoms with Gasteiger partial charge in [0, 0.05) is 23.0 Å². The van der Waals surface area contributed by atoms with Crippen LogP contribution in [0.1, 0.15) is 21.6 Å². The number of ketones is 1. The van der Waals surface area contributed by atoms with Crippen LogP contribution in [0.4, 0.5) is 0 Å². The standard InChI is InChI=1S/C17H13ClN2O/c1-12-10-19-11-20(12)16-9-5-3-7-14(16)17(21)13-6-2-4-8-15(13)18/h2-11H,1H3. The van der Waals surface area contributed by atoms with Crippen LogP contribution in [0.15, 0.2) is 61.1 Å². The van der Waals surface area contributed by atoms with Gasteiger partial charge < -0.3 is 4.57 Å². The summed E-state index contributed by atoms with van der Waals surface area (Å²) in [5.41, 5.74) is 2.88. The molecule has 0 aliphatic heterocycles. The second-order valence-electron chi connectivity index (χ2n) is 4.73. The molecule has 1 heterocycles. The maximum absolute atomic E-state index is 12.8. The number of nitrogens with zero attached hydrogens (tertiary/aromatic N) is 2. The highest BCUT2D eigenvalue weighted by Crippen LogP contribution is 2.23. The Hall–Kier alpha value is -2.39. The second kappa shape index (κ2) is 5.54. The molecule has 3 nitrogen and oxygen atoms in total. The maximum Gasteiger partial charge on any atom is 0.196 e. The highest BCUT2D eigenvalue weighted by Gasteiger charge is 2.17. The molecule has 0 saturated heterocycles. The molecule has 3 rings (SSSR count). The Morgan fingerprint density at radius 2 is 1.71 bits per heavy atom. The van der Waals surface area contributed by atoms with Gasteiger partial charge in [0.15, 0.2) is 5.78 Å². The molecule has 3 aromatic rings. The number of aryl methyl sites for hydroxylation is 1. The van der Waals surface area contributed by atoms with Crippen LogP contribution < -0.4 is 0 Å². The first-order chi connectivity index (χ1) is 10.2. The fraction of sp³-hybridized carbons (Fsp3) is 0.0588. The van der Waals surface area contributed by atoms with Gasteiger partial charge in [-0.2, -0.15) is 0 Å². The van der Waals surface area contributed by atoms with Crippen molar-refractivity contribution in [2.75, 3.05) is 0 Å². The van der Waals surface area contributed by atoms with Gasteiger partial charge in [0.2, 0.25) is 0 Å². The summed E-state index contributed by atoms with van der Waals surface area (Å²) in [6, 6.07) is 14.5. The number of benzene rings is 2. The number of para-hydroxylation sites is 1. The topological polar surface area (TPSA) is 34.9 Å². The van der Waals surface area contributed by atoms with E-state index in [0.717, 1.165) is 11.4 Å². The van der Waals surface area contributed by atoms with Crippen LogP contribution in [0.25, 0.3) is 5.69 Å². The molecule has 1 aromatic heterocycles. The van der Waals surface area contributed by atoms with Gasteiger partial charge in [-0.3, -0.25) is 4.79 Å². The summed E-state index contributed by atoms with van der Waals surface area (Å²) in [6.45, 7) is 1.95. The van der Waals surface area contributed by atoms with Crippen molar-refractivity contribution in [1.82, 2.24) is 9.55 Å². The minimum atomic E-state index is -0.0932. The van der Waals surface area contributed by atoms with E-state index in [1.807, 2.05) is 41.8 Å². The first-order valence-electron chi connectivity index (χ1n) is 6.56. The van der Waals surface area contributed by atoms with Gasteiger partial charge in [-0.25, -0.2) is 4.98 Å². The average Bonchev–Trinajstić information content (AvgIpc) is 2.93. The number of hydrogen-bond acceptors (Lipinski definition) is 2. The predicted molar refractivity (Wildman–Crippen MR) is 83.2 cm³/mol. The molecule has 0 bridgehead atoms. The zero-order valence-corrected chi connectivity index (χ0v) is 12.2. The lowest BCUT2D eigenvalue weighted by molar-refractivity contribution is 0.103. The summed E-state index contributed by atoms with van der Waals surface area (Å²) in [4.78, 5) is 16.9. The van der Waals surface area contributed by atoms with Crippen molar-refractivity contribution >= 4 is 17.4 Å². The first kappa shape index (κ1) is 13.6. The van der Waals surface area contributed by atoms with Crippen LogP contribution in [0.5, 0.6) is 0 Å². The van der Waals surface area contributed by atoms with Gasteiger partial charge in [-0.05, 0) is 31.2 Å². The predicted octanol–water partition coefficient (Wildman–Crippen LogP) is 4.07. The highest BCUT2D eigenvalue weighted by atomic mass is 35.5. The molecular formula is C17H13ClN2O. The van der Waals surface area contributed by atoms with E-state index in [0.29, 0.717) is 16.1 Å². The van der Waals surface area contributed by atoms with Crippen LogP contribution >= 0.6 is 11.6 Å². The smallest absolute Gasteiger partial charge is 0.196 e. The molecule has 0 atom stereocenters. The molecule has 0 amide bonds. The van der Waals surface area contributed by atoms with Crippen LogP contribution in [-0.2, 0) is 0 Å². The number of hydrogen-bond donors (Lipinski definition) is 0. The van der Waals surface area contributed by atoms with Crippen LogP contribution in [0, 0.1) is 6.92 Å². The molecule has 4 heteroatoms. The molecule has 0 aliphatic rings. The minimum absolute atomic E-state index is 0.0932. The van der Waals surface area contributed by atoms with Gasteiger partial charge in [-0.1, -0.05) is 35.9 Å². The van der Waals surface area contributed by atoms with Gasteiger partial charge in [0.05, 0.1) is 17.0 Å². The minimum Gasteiger partial charge on any atom is -0.303 e. The molecule has 2 aromatic carbocycles. The third-order valence-electron chi connectivity index (χ3n) is 3.35. The van der Waals surface area contributed by atoms with Crippen molar-refractivity contribution in [1.29, 1.82) is 0 Å². The quantitative estimate of drug-likeness (QED) is 0.683. The molecule has 0 radical (unpaired) electrons. The number of rotatable bonds is 3. The zero-order chi connectivity index (χ0) is 14.8.